The van der Waals surface area contributed by atoms with Gasteiger partial charge in [-0.1, -0.05) is 39.0 Å². The summed E-state index contributed by atoms with van der Waals surface area (Å²) in [7, 11) is 0. The minimum Gasteiger partial charge on any atom is -0.464 e. The Bertz CT molecular complexity index is 1830. The summed E-state index contributed by atoms with van der Waals surface area (Å²) in [4.78, 5) is 39.7. The number of H-pyrrole nitrogens is 2. The number of para-hydroxylation sites is 2. The molecule has 9 nitrogen and oxygen atoms in total. The van der Waals surface area contributed by atoms with Gasteiger partial charge in [0.2, 0.25) is 0 Å². The largest absolute Gasteiger partial charge is 0.464 e. The molecule has 210 valence electrons. The molecule has 9 heteroatoms. The molecular weight excluding hydrogens is 516 g/mol. The zero-order valence-corrected chi connectivity index (χ0v) is 23.5. The molecule has 3 aliphatic rings. The third-order valence-electron chi connectivity index (χ3n) is 8.80. The van der Waals surface area contributed by atoms with Gasteiger partial charge in [-0.3, -0.25) is 9.36 Å². The van der Waals surface area contributed by atoms with Crippen LogP contribution >= 0.6 is 0 Å². The lowest BCUT2D eigenvalue weighted by atomic mass is 9.83. The van der Waals surface area contributed by atoms with E-state index in [2.05, 4.69) is 41.0 Å². The fraction of sp³-hybridized carbons (Fsp3) is 0.344. The van der Waals surface area contributed by atoms with Gasteiger partial charge in [-0.05, 0) is 78.7 Å². The summed E-state index contributed by atoms with van der Waals surface area (Å²) in [5.74, 6) is 1.03. The van der Waals surface area contributed by atoms with E-state index >= 15 is 0 Å². The average Bonchev–Trinajstić information content (AvgIpc) is 3.59. The quantitative estimate of drug-likeness (QED) is 0.222. The SMILES string of the molecule is CC(C)(C)c1ccn(C(=O)O)c1-c1ccc2[nH]c(=O)c(-c3nc4ccccc4[nH]3)c(N[C@H]3CN4CCC3CC4)c2c1. The Morgan fingerprint density at radius 2 is 1.83 bits per heavy atom. The Labute approximate surface area is 237 Å². The van der Waals surface area contributed by atoms with E-state index in [9.17, 15) is 14.7 Å². The number of benzene rings is 2. The lowest BCUT2D eigenvalue weighted by molar-refractivity contribution is 0.0976. The number of rotatable bonds is 4. The standard InChI is InChI=1S/C32H34N6O3/c1-32(2,3)21-12-15-38(31(40)41)28(21)19-8-9-22-20(16-19)27(33-25-17-37-13-10-18(25)11-14-37)26(30(39)36-22)29-34-23-6-4-5-7-24(23)35-29/h4-9,12,15-16,18,25H,10-11,13-14,17H2,1-3H3,(H,34,35)(H,40,41)(H2,33,36,39)/t25-/m0/s1. The van der Waals surface area contributed by atoms with Gasteiger partial charge in [0.1, 0.15) is 11.4 Å². The van der Waals surface area contributed by atoms with E-state index in [1.807, 2.05) is 48.5 Å². The van der Waals surface area contributed by atoms with Gasteiger partial charge in [-0.2, -0.15) is 0 Å². The first kappa shape index (κ1) is 25.6. The van der Waals surface area contributed by atoms with Crippen LogP contribution < -0.4 is 10.9 Å². The van der Waals surface area contributed by atoms with Gasteiger partial charge < -0.3 is 25.3 Å². The minimum absolute atomic E-state index is 0.197. The fourth-order valence-corrected chi connectivity index (χ4v) is 6.69. The maximum Gasteiger partial charge on any atom is 0.416 e. The van der Waals surface area contributed by atoms with Crippen LogP contribution in [0.2, 0.25) is 0 Å². The van der Waals surface area contributed by atoms with Crippen molar-refractivity contribution in [1.82, 2.24) is 24.4 Å². The summed E-state index contributed by atoms with van der Waals surface area (Å²) < 4.78 is 1.29. The van der Waals surface area contributed by atoms with E-state index in [1.165, 1.54) is 4.57 Å². The molecule has 1 atom stereocenters. The van der Waals surface area contributed by atoms with Crippen molar-refractivity contribution < 1.29 is 9.90 Å². The maximum absolute atomic E-state index is 13.7. The molecule has 0 spiro atoms. The van der Waals surface area contributed by atoms with Crippen LogP contribution in [0, 0.1) is 5.92 Å². The van der Waals surface area contributed by atoms with Crippen molar-refractivity contribution in [3.63, 3.8) is 0 Å². The first-order chi connectivity index (χ1) is 19.7. The number of aromatic nitrogens is 4. The van der Waals surface area contributed by atoms with Gasteiger partial charge in [0.15, 0.2) is 0 Å². The summed E-state index contributed by atoms with van der Waals surface area (Å²) in [5.41, 5.74) is 5.38. The van der Waals surface area contributed by atoms with Crippen LogP contribution in [0.5, 0.6) is 0 Å². The number of nitrogens with one attached hydrogen (secondary N) is 3. The summed E-state index contributed by atoms with van der Waals surface area (Å²) in [6.07, 6.45) is 2.84. The molecule has 3 aromatic heterocycles. The van der Waals surface area contributed by atoms with Gasteiger partial charge in [0.05, 0.1) is 27.9 Å². The molecule has 0 radical (unpaired) electrons. The van der Waals surface area contributed by atoms with Crippen LogP contribution in [0.3, 0.4) is 0 Å². The van der Waals surface area contributed by atoms with Crippen molar-refractivity contribution in [2.24, 2.45) is 5.92 Å². The molecule has 41 heavy (non-hydrogen) atoms. The van der Waals surface area contributed by atoms with Crippen LogP contribution in [0.4, 0.5) is 10.5 Å². The van der Waals surface area contributed by atoms with Crippen molar-refractivity contribution in [1.29, 1.82) is 0 Å². The van der Waals surface area contributed by atoms with E-state index in [-0.39, 0.29) is 17.0 Å². The third kappa shape index (κ3) is 4.32. The Morgan fingerprint density at radius 1 is 1.05 bits per heavy atom. The number of pyridine rings is 1. The number of aromatic amines is 2. The molecule has 5 aromatic rings. The van der Waals surface area contributed by atoms with E-state index in [1.54, 1.807) is 6.20 Å². The molecule has 2 bridgehead atoms. The topological polar surface area (TPSA) is 119 Å². The molecule has 2 aromatic carbocycles. The average molecular weight is 551 g/mol. The number of carbonyl (C=O) groups is 1. The summed E-state index contributed by atoms with van der Waals surface area (Å²) >= 11 is 0. The molecule has 3 saturated heterocycles. The smallest absolute Gasteiger partial charge is 0.416 e. The number of fused-ring (bicyclic) bond motifs is 5. The fourth-order valence-electron chi connectivity index (χ4n) is 6.69. The first-order valence-corrected chi connectivity index (χ1v) is 14.3. The number of hydrogen-bond acceptors (Lipinski definition) is 5. The number of anilines is 1. The summed E-state index contributed by atoms with van der Waals surface area (Å²) in [6.45, 7) is 9.39. The molecule has 0 unspecified atom stereocenters. The molecule has 3 aliphatic heterocycles. The van der Waals surface area contributed by atoms with Crippen molar-refractivity contribution in [3.05, 3.63) is 70.6 Å². The van der Waals surface area contributed by atoms with E-state index in [4.69, 9.17) is 4.98 Å². The zero-order chi connectivity index (χ0) is 28.5. The Morgan fingerprint density at radius 3 is 2.51 bits per heavy atom. The molecule has 0 saturated carbocycles. The first-order valence-electron chi connectivity index (χ1n) is 14.3. The molecular formula is C32H34N6O3. The Kier molecular flexibility index (Phi) is 5.83. The lowest BCUT2D eigenvalue weighted by Crippen LogP contribution is -2.53. The predicted molar refractivity (Wildman–Crippen MR) is 162 cm³/mol. The van der Waals surface area contributed by atoms with E-state index in [0.717, 1.165) is 65.7 Å². The highest BCUT2D eigenvalue weighted by atomic mass is 16.4. The van der Waals surface area contributed by atoms with Gasteiger partial charge in [-0.25, -0.2) is 9.78 Å². The highest BCUT2D eigenvalue weighted by Gasteiger charge is 2.35. The molecule has 3 fully saturated rings. The van der Waals surface area contributed by atoms with Crippen LogP contribution in [-0.2, 0) is 5.41 Å². The number of carboxylic acid groups (broad SMARTS) is 1. The third-order valence-corrected chi connectivity index (χ3v) is 8.80. The van der Waals surface area contributed by atoms with Crippen LogP contribution in [0.25, 0.3) is 44.6 Å². The van der Waals surface area contributed by atoms with E-state index < -0.39 is 6.09 Å². The van der Waals surface area contributed by atoms with Gasteiger partial charge in [0.25, 0.3) is 5.56 Å². The number of imidazole rings is 1. The zero-order valence-electron chi connectivity index (χ0n) is 23.5. The molecule has 0 aliphatic carbocycles. The normalized spacial score (nSPS) is 20.6. The number of nitrogens with zero attached hydrogens (tertiary/aromatic N) is 3. The van der Waals surface area contributed by atoms with Crippen LogP contribution in [0.15, 0.2) is 59.5 Å². The van der Waals surface area contributed by atoms with Gasteiger partial charge >= 0.3 is 6.09 Å². The van der Waals surface area contributed by atoms with Gasteiger partial charge in [0, 0.05) is 24.2 Å². The molecule has 8 rings (SSSR count). The van der Waals surface area contributed by atoms with Crippen molar-refractivity contribution in [2.45, 2.75) is 45.1 Å². The van der Waals surface area contributed by atoms with Crippen LogP contribution in [-0.4, -0.2) is 61.3 Å². The second-order valence-electron chi connectivity index (χ2n) is 12.4. The summed E-state index contributed by atoms with van der Waals surface area (Å²) in [5, 5.41) is 14.7. The molecule has 6 heterocycles. The van der Waals surface area contributed by atoms with Crippen molar-refractivity contribution in [3.8, 4) is 22.6 Å². The monoisotopic (exact) mass is 550 g/mol. The van der Waals surface area contributed by atoms with E-state index in [0.29, 0.717) is 28.5 Å². The highest BCUT2D eigenvalue weighted by Crippen LogP contribution is 2.39. The number of hydrogen-bond donors (Lipinski definition) is 4. The molecule has 0 amide bonds. The number of piperidine rings is 3. The highest BCUT2D eigenvalue weighted by molar-refractivity contribution is 6.01. The minimum atomic E-state index is -1.04. The van der Waals surface area contributed by atoms with Crippen molar-refractivity contribution >= 4 is 33.7 Å². The van der Waals surface area contributed by atoms with Gasteiger partial charge in [-0.15, -0.1) is 0 Å². The Hall–Kier alpha value is -4.37. The van der Waals surface area contributed by atoms with Crippen molar-refractivity contribution in [2.75, 3.05) is 25.0 Å². The predicted octanol–water partition coefficient (Wildman–Crippen LogP) is 5.87. The maximum atomic E-state index is 13.7. The lowest BCUT2D eigenvalue weighted by Gasteiger charge is -2.45. The Balaban J connectivity index is 1.48. The second kappa shape index (κ2) is 9.34. The summed E-state index contributed by atoms with van der Waals surface area (Å²) in [6, 6.07) is 15.6. The van der Waals surface area contributed by atoms with Crippen LogP contribution in [0.1, 0.15) is 39.2 Å². The molecule has 4 N–H and O–H groups in total. The second-order valence-corrected chi connectivity index (χ2v) is 12.4.